The quantitative estimate of drug-likeness (QED) is 0.0204. The van der Waals surface area contributed by atoms with Gasteiger partial charge in [0.15, 0.2) is 12.6 Å². The number of allylic oxidation sites excluding steroid dienone is 15. The standard InChI is InChI=1S/C86H153NO13/c1-3-5-7-9-11-13-15-17-19-21-23-25-27-29-31-33-34-35-36-37-38-39-40-42-44-46-48-50-52-54-56-58-60-62-64-66-68-70-78(91)87-74(73-97-85-83(96)81(94)84(77(72-89)99-85)100-86-82(95)80(93)79(92)76(71-88)98-86)75(90)69-67-65-63-61-59-57-55-53-51-49-47-45-43-41-32-30-28-26-24-22-20-18-16-14-12-10-8-6-4-2/h5,7,11,13,17,19,23,25,29,31,34-35,59,61,67,69,74-77,79-86,88-90,92-96H,3-4,6,8-10,12,14-16,18,20-22,24,26-28,30,32-33,36-58,60,62-66,68,70-73H2,1-2H3,(H,87,91)/b7-5-,13-11-,19-17-,25-23-,31-29-,35-34-,61-59+,69-67+. The first kappa shape index (κ1) is 93.0. The van der Waals surface area contributed by atoms with Gasteiger partial charge in [-0.05, 0) is 83.5 Å². The van der Waals surface area contributed by atoms with Gasteiger partial charge in [-0.1, -0.05) is 355 Å². The maximum absolute atomic E-state index is 13.4. The van der Waals surface area contributed by atoms with Gasteiger partial charge in [0.25, 0.3) is 0 Å². The number of aliphatic hydroxyl groups is 8. The molecule has 0 spiro atoms. The molecule has 2 fully saturated rings. The van der Waals surface area contributed by atoms with Crippen molar-refractivity contribution >= 4 is 5.91 Å². The van der Waals surface area contributed by atoms with Crippen molar-refractivity contribution in [3.05, 3.63) is 97.2 Å². The minimum atomic E-state index is -1.80. The van der Waals surface area contributed by atoms with Gasteiger partial charge >= 0.3 is 0 Å². The Hall–Kier alpha value is -3.09. The molecule has 12 unspecified atom stereocenters. The average Bonchev–Trinajstić information content (AvgIpc) is 0.791. The third kappa shape index (κ3) is 51.2. The molecule has 0 bridgehead atoms. The Morgan fingerprint density at radius 1 is 0.370 bits per heavy atom. The smallest absolute Gasteiger partial charge is 0.220 e. The molecule has 0 aliphatic carbocycles. The van der Waals surface area contributed by atoms with Crippen LogP contribution in [0.2, 0.25) is 0 Å². The first-order valence-corrected chi connectivity index (χ1v) is 41.5. The van der Waals surface area contributed by atoms with Crippen molar-refractivity contribution in [2.75, 3.05) is 19.8 Å². The number of carbonyl (C=O) groups is 1. The molecule has 1 amide bonds. The second kappa shape index (κ2) is 69.0. The van der Waals surface area contributed by atoms with E-state index in [0.717, 1.165) is 70.6 Å². The minimum absolute atomic E-state index is 0.246. The molecule has 2 rings (SSSR count). The molecule has 14 heteroatoms. The summed E-state index contributed by atoms with van der Waals surface area (Å²) in [4.78, 5) is 13.4. The van der Waals surface area contributed by atoms with E-state index in [9.17, 15) is 45.6 Å². The summed E-state index contributed by atoms with van der Waals surface area (Å²) in [5, 5.41) is 87.7. The highest BCUT2D eigenvalue weighted by atomic mass is 16.7. The van der Waals surface area contributed by atoms with Crippen molar-refractivity contribution in [1.82, 2.24) is 5.32 Å². The van der Waals surface area contributed by atoms with Gasteiger partial charge in [-0.25, -0.2) is 0 Å². The van der Waals surface area contributed by atoms with E-state index in [1.165, 1.54) is 244 Å². The Kier molecular flexibility index (Phi) is 64.1. The molecule has 14 nitrogen and oxygen atoms in total. The van der Waals surface area contributed by atoms with E-state index < -0.39 is 86.8 Å². The molecule has 100 heavy (non-hydrogen) atoms. The van der Waals surface area contributed by atoms with E-state index in [1.807, 2.05) is 6.08 Å². The van der Waals surface area contributed by atoms with Gasteiger partial charge in [-0.3, -0.25) is 4.79 Å². The maximum atomic E-state index is 13.4. The fourth-order valence-corrected chi connectivity index (χ4v) is 13.3. The second-order valence-corrected chi connectivity index (χ2v) is 28.9. The Balaban J connectivity index is 1.61. The first-order valence-electron chi connectivity index (χ1n) is 41.5. The third-order valence-corrected chi connectivity index (χ3v) is 19.8. The van der Waals surface area contributed by atoms with Gasteiger partial charge in [-0.15, -0.1) is 0 Å². The van der Waals surface area contributed by atoms with Crippen molar-refractivity contribution in [2.45, 2.75) is 421 Å². The molecule has 0 aromatic rings. The number of hydrogen-bond acceptors (Lipinski definition) is 13. The lowest BCUT2D eigenvalue weighted by Gasteiger charge is -2.46. The van der Waals surface area contributed by atoms with E-state index >= 15 is 0 Å². The SMILES string of the molecule is CC/C=C\C/C=C\C/C=C\C/C=C\C/C=C\C/C=C\CCCCCCCCCCCCCCCCCCCCC(=O)NC(COC1OC(CO)C(OC2OC(CO)C(O)C(O)C2O)C(O)C1O)C(O)/C=C/CC/C=C/CCCCCCCCCCCCCCCCCCCCCCCCC. The van der Waals surface area contributed by atoms with Crippen molar-refractivity contribution in [2.24, 2.45) is 0 Å². The summed E-state index contributed by atoms with van der Waals surface area (Å²) in [6.45, 7) is 2.71. The molecule has 580 valence electrons. The number of unbranched alkanes of at least 4 members (excludes halogenated alkanes) is 42. The van der Waals surface area contributed by atoms with Crippen LogP contribution in [0.15, 0.2) is 97.2 Å². The summed E-state index contributed by atoms with van der Waals surface area (Å²) < 4.78 is 22.9. The highest BCUT2D eigenvalue weighted by Crippen LogP contribution is 2.30. The number of nitrogens with one attached hydrogen (secondary N) is 1. The lowest BCUT2D eigenvalue weighted by molar-refractivity contribution is -0.359. The summed E-state index contributed by atoms with van der Waals surface area (Å²) in [6, 6.07) is -0.937. The van der Waals surface area contributed by atoms with Gasteiger partial charge in [0, 0.05) is 6.42 Å². The lowest BCUT2D eigenvalue weighted by Crippen LogP contribution is -2.65. The lowest BCUT2D eigenvalue weighted by atomic mass is 9.97. The summed E-state index contributed by atoms with van der Waals surface area (Å²) in [5.74, 6) is -0.246. The predicted octanol–water partition coefficient (Wildman–Crippen LogP) is 19.2. The molecule has 2 aliphatic heterocycles. The van der Waals surface area contributed by atoms with Crippen LogP contribution in [0.1, 0.15) is 348 Å². The van der Waals surface area contributed by atoms with Gasteiger partial charge < -0.3 is 65.1 Å². The number of amides is 1. The molecule has 0 aromatic carbocycles. The molecule has 0 radical (unpaired) electrons. The van der Waals surface area contributed by atoms with Crippen LogP contribution in [0.4, 0.5) is 0 Å². The van der Waals surface area contributed by atoms with E-state index in [1.54, 1.807) is 6.08 Å². The third-order valence-electron chi connectivity index (χ3n) is 19.8. The van der Waals surface area contributed by atoms with Crippen LogP contribution in [-0.2, 0) is 23.7 Å². The van der Waals surface area contributed by atoms with Gasteiger partial charge in [0.05, 0.1) is 32.0 Å². The highest BCUT2D eigenvalue weighted by Gasteiger charge is 2.51. The molecule has 2 aliphatic rings. The van der Waals surface area contributed by atoms with Crippen molar-refractivity contribution < 1.29 is 64.6 Å². The van der Waals surface area contributed by atoms with Crippen LogP contribution in [0.3, 0.4) is 0 Å². The summed E-state index contributed by atoms with van der Waals surface area (Å²) in [6.07, 6.45) is 82.1. The Morgan fingerprint density at radius 2 is 0.700 bits per heavy atom. The molecular weight excluding hydrogens is 1250 g/mol. The number of hydrogen-bond donors (Lipinski definition) is 9. The van der Waals surface area contributed by atoms with Crippen LogP contribution in [-0.4, -0.2) is 140 Å². The van der Waals surface area contributed by atoms with Crippen LogP contribution in [0, 0.1) is 0 Å². The van der Waals surface area contributed by atoms with Crippen LogP contribution in [0.5, 0.6) is 0 Å². The Labute approximate surface area is 611 Å². The molecule has 0 aromatic heterocycles. The van der Waals surface area contributed by atoms with Crippen LogP contribution in [0.25, 0.3) is 0 Å². The molecule has 9 N–H and O–H groups in total. The van der Waals surface area contributed by atoms with Gasteiger partial charge in [-0.2, -0.15) is 0 Å². The number of rotatable bonds is 69. The fourth-order valence-electron chi connectivity index (χ4n) is 13.3. The number of carbonyl (C=O) groups excluding carboxylic acids is 1. The highest BCUT2D eigenvalue weighted by molar-refractivity contribution is 5.76. The minimum Gasteiger partial charge on any atom is -0.394 e. The zero-order valence-corrected chi connectivity index (χ0v) is 63.7. The Morgan fingerprint density at radius 3 is 1.10 bits per heavy atom. The molecule has 2 saturated heterocycles. The first-order chi connectivity index (χ1) is 49.1. The summed E-state index contributed by atoms with van der Waals surface area (Å²) in [7, 11) is 0. The Bertz CT molecular complexity index is 2050. The zero-order chi connectivity index (χ0) is 72.2. The van der Waals surface area contributed by atoms with Crippen LogP contribution < -0.4 is 5.32 Å². The van der Waals surface area contributed by atoms with E-state index in [2.05, 4.69) is 104 Å². The van der Waals surface area contributed by atoms with E-state index in [0.29, 0.717) is 12.8 Å². The second-order valence-electron chi connectivity index (χ2n) is 28.9. The van der Waals surface area contributed by atoms with E-state index in [4.69, 9.17) is 18.9 Å². The van der Waals surface area contributed by atoms with Gasteiger partial charge in [0.1, 0.15) is 48.8 Å². The normalized spacial score (nSPS) is 22.3. The number of aliphatic hydroxyl groups excluding tert-OH is 8. The maximum Gasteiger partial charge on any atom is 0.220 e. The monoisotopic (exact) mass is 1410 g/mol. The summed E-state index contributed by atoms with van der Waals surface area (Å²) in [5.41, 5.74) is 0. The largest absolute Gasteiger partial charge is 0.394 e. The number of ether oxygens (including phenoxy) is 4. The zero-order valence-electron chi connectivity index (χ0n) is 63.7. The van der Waals surface area contributed by atoms with Crippen LogP contribution >= 0.6 is 0 Å². The topological polar surface area (TPSA) is 228 Å². The molecular formula is C86H153NO13. The fraction of sp³-hybridized carbons (Fsp3) is 0.802. The molecule has 2 heterocycles. The van der Waals surface area contributed by atoms with Crippen molar-refractivity contribution in [3.63, 3.8) is 0 Å². The van der Waals surface area contributed by atoms with Crippen molar-refractivity contribution in [3.8, 4) is 0 Å². The van der Waals surface area contributed by atoms with Gasteiger partial charge in [0.2, 0.25) is 5.91 Å². The molecule has 12 atom stereocenters. The molecule has 0 saturated carbocycles. The van der Waals surface area contributed by atoms with Crippen molar-refractivity contribution in [1.29, 1.82) is 0 Å². The van der Waals surface area contributed by atoms with E-state index in [-0.39, 0.29) is 18.9 Å². The average molecular weight is 1410 g/mol. The summed E-state index contributed by atoms with van der Waals surface area (Å²) >= 11 is 0. The predicted molar refractivity (Wildman–Crippen MR) is 415 cm³/mol.